The van der Waals surface area contributed by atoms with Crippen molar-refractivity contribution in [3.63, 3.8) is 0 Å². The minimum atomic E-state index is -0.229. The summed E-state index contributed by atoms with van der Waals surface area (Å²) >= 11 is 0. The number of amides is 1. The first kappa shape index (κ1) is 18.8. The molecule has 0 saturated heterocycles. The van der Waals surface area contributed by atoms with Gasteiger partial charge in [0.2, 0.25) is 0 Å². The standard InChI is InChI=1S/C21H23NO5/c1-2-25-15-6-8-16(9-7-15)26-13-12-22-21(24)14-27-20-5-3-4-17-18(20)10-11-19(17)23/h3-9H,2,10-14H2,1H3,(H,22,24). The van der Waals surface area contributed by atoms with Gasteiger partial charge in [0.25, 0.3) is 5.91 Å². The van der Waals surface area contributed by atoms with Crippen LogP contribution in [0.1, 0.15) is 29.3 Å². The number of Topliss-reactive ketones (excluding diaryl/α,β-unsaturated/α-hetero) is 1. The Labute approximate surface area is 158 Å². The minimum absolute atomic E-state index is 0.0896. The first-order valence-corrected chi connectivity index (χ1v) is 9.07. The van der Waals surface area contributed by atoms with E-state index in [1.54, 1.807) is 18.2 Å². The van der Waals surface area contributed by atoms with Crippen LogP contribution < -0.4 is 19.5 Å². The third-order valence-electron chi connectivity index (χ3n) is 4.22. The van der Waals surface area contributed by atoms with Crippen molar-refractivity contribution in [3.8, 4) is 17.2 Å². The summed E-state index contributed by atoms with van der Waals surface area (Å²) in [7, 11) is 0. The lowest BCUT2D eigenvalue weighted by Gasteiger charge is -2.11. The zero-order valence-corrected chi connectivity index (χ0v) is 15.3. The fourth-order valence-electron chi connectivity index (χ4n) is 2.95. The predicted octanol–water partition coefficient (Wildman–Crippen LogP) is 2.79. The second-order valence-corrected chi connectivity index (χ2v) is 6.10. The van der Waals surface area contributed by atoms with E-state index in [0.717, 1.165) is 11.3 Å². The van der Waals surface area contributed by atoms with Gasteiger partial charge in [-0.05, 0) is 43.7 Å². The van der Waals surface area contributed by atoms with E-state index >= 15 is 0 Å². The molecule has 0 heterocycles. The summed E-state index contributed by atoms with van der Waals surface area (Å²) < 4.78 is 16.5. The van der Waals surface area contributed by atoms with Crippen molar-refractivity contribution in [2.45, 2.75) is 19.8 Å². The molecule has 0 saturated carbocycles. The summed E-state index contributed by atoms with van der Waals surface area (Å²) in [5.41, 5.74) is 1.60. The normalized spacial score (nSPS) is 12.4. The molecular formula is C21H23NO5. The Morgan fingerprint density at radius 3 is 2.48 bits per heavy atom. The second kappa shape index (κ2) is 9.07. The number of hydrogen-bond donors (Lipinski definition) is 1. The molecule has 0 radical (unpaired) electrons. The van der Waals surface area contributed by atoms with Gasteiger partial charge in [0, 0.05) is 17.5 Å². The first-order valence-electron chi connectivity index (χ1n) is 9.07. The summed E-state index contributed by atoms with van der Waals surface area (Å²) in [5, 5.41) is 2.75. The zero-order chi connectivity index (χ0) is 19.1. The molecule has 0 unspecified atom stereocenters. The van der Waals surface area contributed by atoms with Gasteiger partial charge in [-0.3, -0.25) is 9.59 Å². The number of hydrogen-bond acceptors (Lipinski definition) is 5. The van der Waals surface area contributed by atoms with Crippen LogP contribution in [0.15, 0.2) is 42.5 Å². The summed E-state index contributed by atoms with van der Waals surface area (Å²) in [6.45, 7) is 3.20. The molecule has 1 aliphatic carbocycles. The van der Waals surface area contributed by atoms with Gasteiger partial charge in [0.1, 0.15) is 23.9 Å². The molecule has 27 heavy (non-hydrogen) atoms. The van der Waals surface area contributed by atoms with Gasteiger partial charge in [0.15, 0.2) is 12.4 Å². The number of ether oxygens (including phenoxy) is 3. The van der Waals surface area contributed by atoms with Crippen LogP contribution in [0, 0.1) is 0 Å². The van der Waals surface area contributed by atoms with E-state index in [-0.39, 0.29) is 18.3 Å². The highest BCUT2D eigenvalue weighted by atomic mass is 16.5. The van der Waals surface area contributed by atoms with E-state index in [1.807, 2.05) is 31.2 Å². The van der Waals surface area contributed by atoms with Gasteiger partial charge in [-0.2, -0.15) is 0 Å². The summed E-state index contributed by atoms with van der Waals surface area (Å²) in [6, 6.07) is 12.7. The van der Waals surface area contributed by atoms with Crippen LogP contribution in [0.5, 0.6) is 17.2 Å². The highest BCUT2D eigenvalue weighted by Gasteiger charge is 2.22. The predicted molar refractivity (Wildman–Crippen MR) is 101 cm³/mol. The van der Waals surface area contributed by atoms with Crippen LogP contribution in [0.3, 0.4) is 0 Å². The molecule has 1 N–H and O–H groups in total. The SMILES string of the molecule is CCOc1ccc(OCCNC(=O)COc2cccc3c2CCC3=O)cc1. The molecular weight excluding hydrogens is 346 g/mol. The van der Waals surface area contributed by atoms with E-state index in [1.165, 1.54) is 0 Å². The largest absolute Gasteiger partial charge is 0.494 e. The number of fused-ring (bicyclic) bond motifs is 1. The highest BCUT2D eigenvalue weighted by Crippen LogP contribution is 2.30. The van der Waals surface area contributed by atoms with Crippen LogP contribution in [0.4, 0.5) is 0 Å². The number of benzene rings is 2. The first-order chi connectivity index (χ1) is 13.2. The summed E-state index contributed by atoms with van der Waals surface area (Å²) in [5.74, 6) is 2.02. The van der Waals surface area contributed by atoms with Gasteiger partial charge >= 0.3 is 0 Å². The maximum atomic E-state index is 11.9. The Hall–Kier alpha value is -3.02. The number of nitrogens with one attached hydrogen (secondary N) is 1. The lowest BCUT2D eigenvalue weighted by molar-refractivity contribution is -0.123. The van der Waals surface area contributed by atoms with Crippen LogP contribution in [0.25, 0.3) is 0 Å². The zero-order valence-electron chi connectivity index (χ0n) is 15.3. The van der Waals surface area contributed by atoms with E-state index in [9.17, 15) is 9.59 Å². The summed E-state index contributed by atoms with van der Waals surface area (Å²) in [4.78, 5) is 23.7. The monoisotopic (exact) mass is 369 g/mol. The van der Waals surface area contributed by atoms with Crippen molar-refractivity contribution < 1.29 is 23.8 Å². The fraction of sp³-hybridized carbons (Fsp3) is 0.333. The van der Waals surface area contributed by atoms with Crippen LogP contribution in [-0.4, -0.2) is 38.1 Å². The fourth-order valence-corrected chi connectivity index (χ4v) is 2.95. The third kappa shape index (κ3) is 5.00. The molecule has 0 aromatic heterocycles. The van der Waals surface area contributed by atoms with Crippen molar-refractivity contribution in [2.75, 3.05) is 26.4 Å². The van der Waals surface area contributed by atoms with Crippen molar-refractivity contribution in [3.05, 3.63) is 53.6 Å². The Kier molecular flexibility index (Phi) is 6.30. The minimum Gasteiger partial charge on any atom is -0.494 e. The Balaban J connectivity index is 1.37. The molecule has 0 aliphatic heterocycles. The quantitative estimate of drug-likeness (QED) is 0.688. The van der Waals surface area contributed by atoms with Crippen molar-refractivity contribution in [1.29, 1.82) is 0 Å². The van der Waals surface area contributed by atoms with Crippen LogP contribution in [0.2, 0.25) is 0 Å². The Bertz CT molecular complexity index is 801. The molecule has 142 valence electrons. The van der Waals surface area contributed by atoms with Gasteiger partial charge in [-0.15, -0.1) is 0 Å². The highest BCUT2D eigenvalue weighted by molar-refractivity contribution is 6.01. The number of carbonyl (C=O) groups is 2. The molecule has 0 bridgehead atoms. The Morgan fingerprint density at radius 2 is 1.74 bits per heavy atom. The topological polar surface area (TPSA) is 73.9 Å². The third-order valence-corrected chi connectivity index (χ3v) is 4.22. The maximum Gasteiger partial charge on any atom is 0.258 e. The number of carbonyl (C=O) groups excluding carboxylic acids is 2. The molecule has 0 spiro atoms. The van der Waals surface area contributed by atoms with Crippen molar-refractivity contribution >= 4 is 11.7 Å². The smallest absolute Gasteiger partial charge is 0.258 e. The Morgan fingerprint density at radius 1 is 1.00 bits per heavy atom. The van der Waals surface area contributed by atoms with E-state index < -0.39 is 0 Å². The van der Waals surface area contributed by atoms with Gasteiger partial charge in [-0.25, -0.2) is 0 Å². The molecule has 1 aliphatic rings. The lowest BCUT2D eigenvalue weighted by Crippen LogP contribution is -2.32. The molecule has 6 nitrogen and oxygen atoms in total. The number of rotatable bonds is 9. The van der Waals surface area contributed by atoms with E-state index in [2.05, 4.69) is 5.32 Å². The molecule has 2 aromatic carbocycles. The van der Waals surface area contributed by atoms with Crippen molar-refractivity contribution in [1.82, 2.24) is 5.32 Å². The molecule has 6 heteroatoms. The average molecular weight is 369 g/mol. The van der Waals surface area contributed by atoms with Gasteiger partial charge in [0.05, 0.1) is 13.2 Å². The van der Waals surface area contributed by atoms with Gasteiger partial charge in [-0.1, -0.05) is 12.1 Å². The van der Waals surface area contributed by atoms with Gasteiger partial charge < -0.3 is 19.5 Å². The van der Waals surface area contributed by atoms with Crippen LogP contribution >= 0.6 is 0 Å². The molecule has 2 aromatic rings. The molecule has 0 fully saturated rings. The average Bonchev–Trinajstić information content (AvgIpc) is 3.07. The van der Waals surface area contributed by atoms with Crippen molar-refractivity contribution in [2.24, 2.45) is 0 Å². The second-order valence-electron chi connectivity index (χ2n) is 6.10. The van der Waals surface area contributed by atoms with Crippen LogP contribution in [-0.2, 0) is 11.2 Å². The van der Waals surface area contributed by atoms with E-state index in [4.69, 9.17) is 14.2 Å². The summed E-state index contributed by atoms with van der Waals surface area (Å²) in [6.07, 6.45) is 1.17. The number of ketones is 1. The molecule has 1 amide bonds. The van der Waals surface area contributed by atoms with E-state index in [0.29, 0.717) is 49.7 Å². The lowest BCUT2D eigenvalue weighted by atomic mass is 10.1. The molecule has 0 atom stereocenters. The molecule has 3 rings (SSSR count). The maximum absolute atomic E-state index is 11.9.